The van der Waals surface area contributed by atoms with Gasteiger partial charge < -0.3 is 15.1 Å². The first-order valence-electron chi connectivity index (χ1n) is 7.62. The normalized spacial score (nSPS) is 12.5. The SMILES string of the molecule is C[C@H](Sc1nnc(NCc2ccco2)s1)C(=O)NC(=O)NC(C)(C)C. The molecule has 8 nitrogen and oxygen atoms in total. The van der Waals surface area contributed by atoms with E-state index in [1.165, 1.54) is 23.1 Å². The van der Waals surface area contributed by atoms with Gasteiger partial charge in [0.2, 0.25) is 11.0 Å². The standard InChI is InChI=1S/C15H21N5O3S2/c1-9(11(21)17-12(22)18-15(2,3)4)24-14-20-19-13(25-14)16-8-10-6-5-7-23-10/h5-7,9H,8H2,1-4H3,(H,16,19)(H2,17,18,21,22)/t9-/m0/s1. The molecule has 3 N–H and O–H groups in total. The Balaban J connectivity index is 1.80. The average molecular weight is 383 g/mol. The lowest BCUT2D eigenvalue weighted by Gasteiger charge is -2.20. The van der Waals surface area contributed by atoms with Crippen LogP contribution in [-0.2, 0) is 11.3 Å². The van der Waals surface area contributed by atoms with Gasteiger partial charge in [0.25, 0.3) is 0 Å². The second-order valence-electron chi connectivity index (χ2n) is 6.26. The molecule has 0 aliphatic carbocycles. The Morgan fingerprint density at radius 1 is 1.36 bits per heavy atom. The Bertz CT molecular complexity index is 709. The Morgan fingerprint density at radius 2 is 2.12 bits per heavy atom. The van der Waals surface area contributed by atoms with Crippen LogP contribution in [0.2, 0.25) is 0 Å². The highest BCUT2D eigenvalue weighted by Gasteiger charge is 2.21. The minimum atomic E-state index is -0.511. The summed E-state index contributed by atoms with van der Waals surface area (Å²) in [6.07, 6.45) is 1.61. The fourth-order valence-corrected chi connectivity index (χ4v) is 3.59. The number of amides is 3. The van der Waals surface area contributed by atoms with E-state index in [4.69, 9.17) is 4.42 Å². The first kappa shape index (κ1) is 19.3. The number of nitrogens with zero attached hydrogens (tertiary/aromatic N) is 2. The van der Waals surface area contributed by atoms with Gasteiger partial charge in [-0.3, -0.25) is 10.1 Å². The summed E-state index contributed by atoms with van der Waals surface area (Å²) in [7, 11) is 0. The van der Waals surface area contributed by atoms with Crippen molar-refractivity contribution in [2.45, 2.75) is 49.4 Å². The molecule has 2 aromatic rings. The van der Waals surface area contributed by atoms with Gasteiger partial charge in [0.15, 0.2) is 4.34 Å². The van der Waals surface area contributed by atoms with E-state index in [-0.39, 0.29) is 5.91 Å². The van der Waals surface area contributed by atoms with Crippen molar-refractivity contribution in [3.8, 4) is 0 Å². The maximum absolute atomic E-state index is 12.1. The molecule has 0 aromatic carbocycles. The summed E-state index contributed by atoms with van der Waals surface area (Å²) in [5, 5.41) is 16.3. The van der Waals surface area contributed by atoms with E-state index in [1.54, 1.807) is 13.2 Å². The molecule has 0 saturated heterocycles. The van der Waals surface area contributed by atoms with Crippen LogP contribution >= 0.6 is 23.1 Å². The molecule has 2 heterocycles. The molecule has 2 rings (SSSR count). The zero-order valence-corrected chi connectivity index (χ0v) is 16.1. The molecule has 0 fully saturated rings. The summed E-state index contributed by atoms with van der Waals surface area (Å²) in [6, 6.07) is 3.16. The Hall–Kier alpha value is -2.07. The highest BCUT2D eigenvalue weighted by atomic mass is 32.2. The molecular formula is C15H21N5O3S2. The lowest BCUT2D eigenvalue weighted by atomic mass is 10.1. The molecule has 0 aliphatic heterocycles. The van der Waals surface area contributed by atoms with Crippen molar-refractivity contribution in [2.75, 3.05) is 5.32 Å². The second kappa shape index (κ2) is 8.34. The molecule has 0 saturated carbocycles. The minimum Gasteiger partial charge on any atom is -0.467 e. The van der Waals surface area contributed by atoms with E-state index in [0.717, 1.165) is 5.76 Å². The van der Waals surface area contributed by atoms with Gasteiger partial charge in [-0.2, -0.15) is 0 Å². The number of furan rings is 1. The van der Waals surface area contributed by atoms with Crippen LogP contribution in [0, 0.1) is 0 Å². The van der Waals surface area contributed by atoms with Crippen molar-refractivity contribution in [1.82, 2.24) is 20.8 Å². The van der Waals surface area contributed by atoms with Crippen LogP contribution < -0.4 is 16.0 Å². The number of hydrogen-bond acceptors (Lipinski definition) is 8. The quantitative estimate of drug-likeness (QED) is 0.658. The third kappa shape index (κ3) is 6.75. The number of thioether (sulfide) groups is 1. The Labute approximate surface area is 154 Å². The molecule has 0 bridgehead atoms. The van der Waals surface area contributed by atoms with Gasteiger partial charge in [0.1, 0.15) is 5.76 Å². The number of aromatic nitrogens is 2. The highest BCUT2D eigenvalue weighted by molar-refractivity contribution is 8.02. The van der Waals surface area contributed by atoms with Crippen molar-refractivity contribution < 1.29 is 14.0 Å². The minimum absolute atomic E-state index is 0.382. The van der Waals surface area contributed by atoms with Crippen molar-refractivity contribution >= 4 is 40.2 Å². The van der Waals surface area contributed by atoms with Crippen molar-refractivity contribution in [3.63, 3.8) is 0 Å². The number of imide groups is 1. The molecule has 10 heteroatoms. The number of anilines is 1. The lowest BCUT2D eigenvalue weighted by molar-refractivity contribution is -0.119. The molecule has 3 amide bonds. The predicted molar refractivity (Wildman–Crippen MR) is 97.7 cm³/mol. The summed E-state index contributed by atoms with van der Waals surface area (Å²) < 4.78 is 5.87. The van der Waals surface area contributed by atoms with E-state index in [1.807, 2.05) is 32.9 Å². The third-order valence-electron chi connectivity index (χ3n) is 2.77. The van der Waals surface area contributed by atoms with E-state index >= 15 is 0 Å². The van der Waals surface area contributed by atoms with Crippen LogP contribution in [0.1, 0.15) is 33.5 Å². The summed E-state index contributed by atoms with van der Waals surface area (Å²) >= 11 is 2.58. The zero-order chi connectivity index (χ0) is 18.4. The fraction of sp³-hybridized carbons (Fsp3) is 0.467. The van der Waals surface area contributed by atoms with Gasteiger partial charge in [0.05, 0.1) is 18.1 Å². The van der Waals surface area contributed by atoms with Gasteiger partial charge in [-0.05, 0) is 39.8 Å². The van der Waals surface area contributed by atoms with E-state index in [0.29, 0.717) is 16.0 Å². The summed E-state index contributed by atoms with van der Waals surface area (Å²) in [5.74, 6) is 0.411. The largest absolute Gasteiger partial charge is 0.467 e. The van der Waals surface area contributed by atoms with Crippen molar-refractivity contribution in [3.05, 3.63) is 24.2 Å². The number of hydrogen-bond donors (Lipinski definition) is 3. The van der Waals surface area contributed by atoms with Crippen LogP contribution in [0.4, 0.5) is 9.93 Å². The molecule has 136 valence electrons. The third-order valence-corrected chi connectivity index (χ3v) is 4.84. The van der Waals surface area contributed by atoms with Crippen LogP contribution in [0.15, 0.2) is 27.2 Å². The molecule has 0 unspecified atom stereocenters. The van der Waals surface area contributed by atoms with E-state index in [2.05, 4.69) is 26.1 Å². The number of urea groups is 1. The molecule has 1 atom stereocenters. The first-order valence-corrected chi connectivity index (χ1v) is 9.32. The topological polar surface area (TPSA) is 109 Å². The van der Waals surface area contributed by atoms with Gasteiger partial charge in [-0.15, -0.1) is 10.2 Å². The molecular weight excluding hydrogens is 362 g/mol. The average Bonchev–Trinajstić information content (AvgIpc) is 3.14. The predicted octanol–water partition coefficient (Wildman–Crippen LogP) is 2.85. The maximum Gasteiger partial charge on any atom is 0.321 e. The van der Waals surface area contributed by atoms with Crippen LogP contribution in [0.25, 0.3) is 0 Å². The van der Waals surface area contributed by atoms with Crippen molar-refractivity contribution in [2.24, 2.45) is 0 Å². The first-order chi connectivity index (χ1) is 11.7. The molecule has 0 spiro atoms. The Morgan fingerprint density at radius 3 is 2.76 bits per heavy atom. The lowest BCUT2D eigenvalue weighted by Crippen LogP contribution is -2.49. The smallest absolute Gasteiger partial charge is 0.321 e. The fourth-order valence-electron chi connectivity index (χ4n) is 1.69. The maximum atomic E-state index is 12.1. The highest BCUT2D eigenvalue weighted by Crippen LogP contribution is 2.29. The number of nitrogens with one attached hydrogen (secondary N) is 3. The summed E-state index contributed by atoms with van der Waals surface area (Å²) in [4.78, 5) is 23.8. The van der Waals surface area contributed by atoms with Gasteiger partial charge in [0, 0.05) is 5.54 Å². The van der Waals surface area contributed by atoms with Crippen LogP contribution in [0.5, 0.6) is 0 Å². The number of rotatable bonds is 6. The van der Waals surface area contributed by atoms with Gasteiger partial charge >= 0.3 is 6.03 Å². The van der Waals surface area contributed by atoms with Crippen molar-refractivity contribution in [1.29, 1.82) is 0 Å². The molecule has 0 radical (unpaired) electrons. The molecule has 0 aliphatic rings. The monoisotopic (exact) mass is 383 g/mol. The van der Waals surface area contributed by atoms with E-state index < -0.39 is 16.8 Å². The summed E-state index contributed by atoms with van der Waals surface area (Å²) in [6.45, 7) is 7.74. The molecule has 25 heavy (non-hydrogen) atoms. The second-order valence-corrected chi connectivity index (χ2v) is 8.82. The number of carbonyl (C=O) groups is 2. The van der Waals surface area contributed by atoms with Gasteiger partial charge in [-0.25, -0.2) is 4.79 Å². The van der Waals surface area contributed by atoms with Crippen LogP contribution in [0.3, 0.4) is 0 Å². The summed E-state index contributed by atoms with van der Waals surface area (Å²) in [5.41, 5.74) is -0.408. The van der Waals surface area contributed by atoms with Crippen LogP contribution in [-0.4, -0.2) is 32.9 Å². The van der Waals surface area contributed by atoms with Gasteiger partial charge in [-0.1, -0.05) is 23.1 Å². The number of carbonyl (C=O) groups excluding carboxylic acids is 2. The van der Waals surface area contributed by atoms with E-state index in [9.17, 15) is 9.59 Å². The Kier molecular flexibility index (Phi) is 6.43. The zero-order valence-electron chi connectivity index (χ0n) is 14.5. The molecule has 2 aromatic heterocycles.